The maximum Gasteiger partial charge on any atom is 0.329 e. The lowest BCUT2D eigenvalue weighted by Gasteiger charge is -2.25. The first kappa shape index (κ1) is 19.2. The molecule has 1 aliphatic rings. The Hall–Kier alpha value is -1.13. The van der Waals surface area contributed by atoms with Gasteiger partial charge in [-0.05, 0) is 6.92 Å². The number of thioether (sulfide) groups is 1. The monoisotopic (exact) mass is 360 g/mol. The summed E-state index contributed by atoms with van der Waals surface area (Å²) in [7, 11) is 4.84. The van der Waals surface area contributed by atoms with Crippen LogP contribution in [0.4, 0.5) is 0 Å². The Bertz CT molecular complexity index is 646. The molecule has 2 rings (SSSR count). The second-order valence-electron chi connectivity index (χ2n) is 5.53. The number of nitrogens with one attached hydrogen (secondary N) is 1. The Morgan fingerprint density at radius 1 is 1.17 bits per heavy atom. The molecule has 136 valence electrons. The van der Waals surface area contributed by atoms with E-state index in [0.717, 1.165) is 0 Å². The van der Waals surface area contributed by atoms with Crippen LogP contribution in [0, 0.1) is 6.92 Å². The zero-order valence-electron chi connectivity index (χ0n) is 14.3. The van der Waals surface area contributed by atoms with Crippen molar-refractivity contribution in [3.63, 3.8) is 0 Å². The highest BCUT2D eigenvalue weighted by Gasteiger charge is 2.46. The average Bonchev–Trinajstić information content (AvgIpc) is 2.89. The van der Waals surface area contributed by atoms with E-state index in [2.05, 4.69) is 4.98 Å². The number of ether oxygens (including phenoxy) is 4. The molecule has 0 aliphatic carbocycles. The van der Waals surface area contributed by atoms with Crippen LogP contribution >= 0.6 is 11.8 Å². The van der Waals surface area contributed by atoms with Crippen LogP contribution in [0.15, 0.2) is 15.8 Å². The second kappa shape index (κ2) is 8.82. The first-order chi connectivity index (χ1) is 11.5. The fourth-order valence-electron chi connectivity index (χ4n) is 2.74. The number of aromatic nitrogens is 2. The van der Waals surface area contributed by atoms with Gasteiger partial charge in [-0.15, -0.1) is 11.8 Å². The van der Waals surface area contributed by atoms with Crippen molar-refractivity contribution in [1.29, 1.82) is 0 Å². The Balaban J connectivity index is 2.35. The lowest BCUT2D eigenvalue weighted by molar-refractivity contribution is -0.0728. The SMILES string of the molecule is COCCO[C@H]1C(OC)[C@@H](COC)S[C@H]1n1cc(C)c(=O)[nH]c1=O. The molecule has 1 aromatic rings. The van der Waals surface area contributed by atoms with Crippen LogP contribution in [0.5, 0.6) is 0 Å². The highest BCUT2D eigenvalue weighted by Crippen LogP contribution is 2.44. The second-order valence-corrected chi connectivity index (χ2v) is 6.89. The van der Waals surface area contributed by atoms with Crippen LogP contribution in [0.25, 0.3) is 0 Å². The average molecular weight is 360 g/mol. The number of hydrogen-bond donors (Lipinski definition) is 1. The van der Waals surface area contributed by atoms with Crippen molar-refractivity contribution in [2.45, 2.75) is 29.8 Å². The molecule has 24 heavy (non-hydrogen) atoms. The Kier molecular flexibility index (Phi) is 7.05. The van der Waals surface area contributed by atoms with Gasteiger partial charge >= 0.3 is 5.69 Å². The van der Waals surface area contributed by atoms with E-state index in [0.29, 0.717) is 25.4 Å². The molecule has 8 nitrogen and oxygen atoms in total. The molecular formula is C15H24N2O6S. The van der Waals surface area contributed by atoms with Gasteiger partial charge in [0.1, 0.15) is 17.6 Å². The van der Waals surface area contributed by atoms with Crippen molar-refractivity contribution in [1.82, 2.24) is 9.55 Å². The summed E-state index contributed by atoms with van der Waals surface area (Å²) < 4.78 is 23.3. The number of methoxy groups -OCH3 is 3. The zero-order valence-corrected chi connectivity index (χ0v) is 15.1. The molecule has 0 radical (unpaired) electrons. The molecular weight excluding hydrogens is 336 g/mol. The summed E-state index contributed by atoms with van der Waals surface area (Å²) in [6.07, 6.45) is 0.960. The first-order valence-electron chi connectivity index (χ1n) is 7.63. The van der Waals surface area contributed by atoms with Crippen LogP contribution in [0.1, 0.15) is 10.9 Å². The summed E-state index contributed by atoms with van der Waals surface area (Å²) in [6, 6.07) is 0. The van der Waals surface area contributed by atoms with Crippen LogP contribution in [-0.4, -0.2) is 68.2 Å². The van der Waals surface area contributed by atoms with Crippen molar-refractivity contribution < 1.29 is 18.9 Å². The lowest BCUT2D eigenvalue weighted by Crippen LogP contribution is -2.41. The van der Waals surface area contributed by atoms with Crippen LogP contribution in [0.2, 0.25) is 0 Å². The summed E-state index contributed by atoms with van der Waals surface area (Å²) in [5.74, 6) is 0. The molecule has 1 N–H and O–H groups in total. The van der Waals surface area contributed by atoms with Crippen molar-refractivity contribution in [3.05, 3.63) is 32.6 Å². The molecule has 1 saturated heterocycles. The molecule has 1 unspecified atom stereocenters. The third-order valence-corrected chi connectivity index (χ3v) is 5.43. The van der Waals surface area contributed by atoms with Gasteiger partial charge in [-0.2, -0.15) is 0 Å². The molecule has 1 fully saturated rings. The van der Waals surface area contributed by atoms with Gasteiger partial charge in [-0.3, -0.25) is 14.3 Å². The summed E-state index contributed by atoms with van der Waals surface area (Å²) in [4.78, 5) is 26.2. The quantitative estimate of drug-likeness (QED) is 0.660. The number of H-pyrrole nitrogens is 1. The molecule has 0 spiro atoms. The van der Waals surface area contributed by atoms with Crippen LogP contribution in [0.3, 0.4) is 0 Å². The van der Waals surface area contributed by atoms with E-state index < -0.39 is 5.69 Å². The van der Waals surface area contributed by atoms with Crippen molar-refractivity contribution in [2.24, 2.45) is 0 Å². The molecule has 4 atom stereocenters. The standard InChI is InChI=1S/C15H24N2O6S/c1-9-7-17(15(19)16-13(9)18)14-12(23-6-5-20-2)11(22-4)10(24-14)8-21-3/h7,10-12,14H,5-6,8H2,1-4H3,(H,16,18,19)/t10-,11?,12+,14-/m1/s1. The predicted octanol–water partition coefficient (Wildman–Crippen LogP) is 0.152. The van der Waals surface area contributed by atoms with E-state index >= 15 is 0 Å². The molecule has 2 heterocycles. The number of aryl methyl sites for hydroxylation is 1. The Labute approximate surface area is 144 Å². The van der Waals surface area contributed by atoms with Crippen LogP contribution in [-0.2, 0) is 18.9 Å². The fraction of sp³-hybridized carbons (Fsp3) is 0.733. The van der Waals surface area contributed by atoms with Crippen molar-refractivity contribution in [3.8, 4) is 0 Å². The molecule has 1 aromatic heterocycles. The first-order valence-corrected chi connectivity index (χ1v) is 8.57. The van der Waals surface area contributed by atoms with E-state index in [1.54, 1.807) is 46.2 Å². The molecule has 1 aliphatic heterocycles. The zero-order chi connectivity index (χ0) is 17.7. The normalized spacial score (nSPS) is 26.8. The van der Waals surface area contributed by atoms with Gasteiger partial charge in [-0.1, -0.05) is 0 Å². The minimum Gasteiger partial charge on any atom is -0.383 e. The van der Waals surface area contributed by atoms with Gasteiger partial charge in [0.05, 0.1) is 25.1 Å². The molecule has 0 saturated carbocycles. The van der Waals surface area contributed by atoms with Gasteiger partial charge in [0.15, 0.2) is 0 Å². The molecule has 0 amide bonds. The van der Waals surface area contributed by atoms with E-state index in [1.807, 2.05) is 0 Å². The molecule has 0 bridgehead atoms. The van der Waals surface area contributed by atoms with Gasteiger partial charge in [-0.25, -0.2) is 4.79 Å². The van der Waals surface area contributed by atoms with Gasteiger partial charge < -0.3 is 18.9 Å². The van der Waals surface area contributed by atoms with E-state index in [9.17, 15) is 9.59 Å². The predicted molar refractivity (Wildman–Crippen MR) is 90.8 cm³/mol. The largest absolute Gasteiger partial charge is 0.383 e. The fourth-order valence-corrected chi connectivity index (χ4v) is 4.41. The minimum absolute atomic E-state index is 0.0108. The summed E-state index contributed by atoms with van der Waals surface area (Å²) in [6.45, 7) is 2.96. The lowest BCUT2D eigenvalue weighted by atomic mass is 10.1. The Morgan fingerprint density at radius 2 is 1.92 bits per heavy atom. The minimum atomic E-state index is -0.462. The third-order valence-electron chi connectivity index (χ3n) is 3.91. The van der Waals surface area contributed by atoms with Gasteiger partial charge in [0, 0.05) is 33.1 Å². The smallest absolute Gasteiger partial charge is 0.329 e. The maximum atomic E-state index is 12.3. The van der Waals surface area contributed by atoms with Crippen LogP contribution < -0.4 is 11.2 Å². The maximum absolute atomic E-state index is 12.3. The van der Waals surface area contributed by atoms with Gasteiger partial charge in [0.2, 0.25) is 0 Å². The van der Waals surface area contributed by atoms with E-state index in [1.165, 1.54) is 4.57 Å². The highest BCUT2D eigenvalue weighted by molar-refractivity contribution is 8.00. The summed E-state index contributed by atoms with van der Waals surface area (Å²) in [5, 5.41) is -0.313. The molecule has 9 heteroatoms. The molecule has 0 aromatic carbocycles. The van der Waals surface area contributed by atoms with Gasteiger partial charge in [0.25, 0.3) is 5.56 Å². The van der Waals surface area contributed by atoms with Crippen molar-refractivity contribution in [2.75, 3.05) is 41.2 Å². The Morgan fingerprint density at radius 3 is 2.54 bits per heavy atom. The summed E-state index contributed by atoms with van der Waals surface area (Å²) >= 11 is 1.54. The number of nitrogens with zero attached hydrogens (tertiary/aromatic N) is 1. The third kappa shape index (κ3) is 4.09. The number of aromatic amines is 1. The highest BCUT2D eigenvalue weighted by atomic mass is 32.2. The van der Waals surface area contributed by atoms with E-state index in [4.69, 9.17) is 18.9 Å². The summed E-state index contributed by atoms with van der Waals surface area (Å²) in [5.41, 5.74) is -0.376. The number of hydrogen-bond acceptors (Lipinski definition) is 7. The topological polar surface area (TPSA) is 91.8 Å². The van der Waals surface area contributed by atoms with Crippen molar-refractivity contribution >= 4 is 11.8 Å². The number of rotatable bonds is 8. The van der Waals surface area contributed by atoms with E-state index in [-0.39, 0.29) is 28.4 Å².